The minimum absolute atomic E-state index is 0.0825. The van der Waals surface area contributed by atoms with Gasteiger partial charge in [-0.05, 0) is 13.8 Å². The number of aliphatic hydroxyl groups is 1. The van der Waals surface area contributed by atoms with Gasteiger partial charge in [-0.25, -0.2) is 4.98 Å². The van der Waals surface area contributed by atoms with E-state index < -0.39 is 5.60 Å². The van der Waals surface area contributed by atoms with Gasteiger partial charge in [0, 0.05) is 5.38 Å². The molecule has 0 bridgehead atoms. The van der Waals surface area contributed by atoms with Gasteiger partial charge in [-0.15, -0.1) is 11.3 Å². The summed E-state index contributed by atoms with van der Waals surface area (Å²) in [6.07, 6.45) is 0. The van der Waals surface area contributed by atoms with Crippen LogP contribution in [0.15, 0.2) is 5.38 Å². The minimum atomic E-state index is -0.708. The molecule has 0 unspecified atom stereocenters. The highest BCUT2D eigenvalue weighted by Gasteiger charge is 2.40. The van der Waals surface area contributed by atoms with E-state index in [1.807, 2.05) is 6.92 Å². The van der Waals surface area contributed by atoms with Crippen LogP contribution < -0.4 is 0 Å². The van der Waals surface area contributed by atoms with Crippen LogP contribution in [0.1, 0.15) is 22.4 Å². The van der Waals surface area contributed by atoms with Crippen molar-refractivity contribution in [2.45, 2.75) is 19.4 Å². The Morgan fingerprint density at radius 1 is 1.71 bits per heavy atom. The number of likely N-dealkylation sites (tertiary alicyclic amines) is 1. The number of carbonyl (C=O) groups is 1. The zero-order valence-corrected chi connectivity index (χ0v) is 8.97. The molecule has 1 aromatic heterocycles. The maximum Gasteiger partial charge on any atom is 0.273 e. The molecular formula is C9H12N2O2S. The van der Waals surface area contributed by atoms with Crippen LogP contribution >= 0.6 is 11.3 Å². The quantitative estimate of drug-likeness (QED) is 0.744. The lowest BCUT2D eigenvalue weighted by atomic mass is 9.97. The van der Waals surface area contributed by atoms with E-state index in [4.69, 9.17) is 0 Å². The van der Waals surface area contributed by atoms with Crippen LogP contribution in [0.25, 0.3) is 0 Å². The topological polar surface area (TPSA) is 53.4 Å². The number of aryl methyl sites for hydroxylation is 1. The third-order valence-corrected chi connectivity index (χ3v) is 2.96. The van der Waals surface area contributed by atoms with Gasteiger partial charge in [-0.3, -0.25) is 4.79 Å². The van der Waals surface area contributed by atoms with Crippen LogP contribution in [0.3, 0.4) is 0 Å². The van der Waals surface area contributed by atoms with E-state index in [0.29, 0.717) is 18.8 Å². The first kappa shape index (κ1) is 9.61. The summed E-state index contributed by atoms with van der Waals surface area (Å²) in [6, 6.07) is 0. The van der Waals surface area contributed by atoms with Crippen molar-refractivity contribution in [3.05, 3.63) is 16.1 Å². The molecule has 14 heavy (non-hydrogen) atoms. The molecule has 1 fully saturated rings. The molecule has 0 aromatic carbocycles. The SMILES string of the molecule is Cc1nc(C(=O)N2CC(C)(O)C2)cs1. The number of carbonyl (C=O) groups excluding carboxylic acids is 1. The molecule has 0 saturated carbocycles. The van der Waals surface area contributed by atoms with Crippen molar-refractivity contribution in [2.24, 2.45) is 0 Å². The zero-order valence-electron chi connectivity index (χ0n) is 8.15. The molecule has 2 rings (SSSR count). The Morgan fingerprint density at radius 2 is 2.36 bits per heavy atom. The fourth-order valence-electron chi connectivity index (χ4n) is 1.54. The molecule has 5 heteroatoms. The Labute approximate surface area is 86.2 Å². The number of hydrogen-bond acceptors (Lipinski definition) is 4. The standard InChI is InChI=1S/C9H12N2O2S/c1-6-10-7(3-14-6)8(12)11-4-9(2,13)5-11/h3,13H,4-5H2,1-2H3. The summed E-state index contributed by atoms with van der Waals surface area (Å²) in [6.45, 7) is 4.40. The predicted octanol–water partition coefficient (Wildman–Crippen LogP) is 0.658. The molecular weight excluding hydrogens is 200 g/mol. The van der Waals surface area contributed by atoms with Crippen LogP contribution in [0.5, 0.6) is 0 Å². The van der Waals surface area contributed by atoms with Gasteiger partial charge >= 0.3 is 0 Å². The number of rotatable bonds is 1. The highest BCUT2D eigenvalue weighted by molar-refractivity contribution is 7.09. The van der Waals surface area contributed by atoms with Gasteiger partial charge in [-0.2, -0.15) is 0 Å². The molecule has 1 aromatic rings. The monoisotopic (exact) mass is 212 g/mol. The lowest BCUT2D eigenvalue weighted by molar-refractivity contribution is -0.0670. The Morgan fingerprint density at radius 3 is 2.79 bits per heavy atom. The Hall–Kier alpha value is -0.940. The largest absolute Gasteiger partial charge is 0.386 e. The van der Waals surface area contributed by atoms with Gasteiger partial charge in [0.15, 0.2) is 0 Å². The Bertz CT molecular complexity index is 365. The van der Waals surface area contributed by atoms with Crippen LogP contribution in [0.4, 0.5) is 0 Å². The first-order chi connectivity index (χ1) is 6.48. The third-order valence-electron chi connectivity index (χ3n) is 2.19. The molecule has 0 spiro atoms. The molecule has 0 radical (unpaired) electrons. The highest BCUT2D eigenvalue weighted by Crippen LogP contribution is 2.22. The average molecular weight is 212 g/mol. The van der Waals surface area contributed by atoms with Crippen LogP contribution in [-0.4, -0.2) is 39.6 Å². The maximum atomic E-state index is 11.7. The lowest BCUT2D eigenvalue weighted by Gasteiger charge is -2.43. The van der Waals surface area contributed by atoms with E-state index in [1.165, 1.54) is 11.3 Å². The van der Waals surface area contributed by atoms with Gasteiger partial charge in [0.1, 0.15) is 5.69 Å². The molecule has 1 saturated heterocycles. The van der Waals surface area contributed by atoms with Crippen LogP contribution in [0, 0.1) is 6.92 Å². The fourth-order valence-corrected chi connectivity index (χ4v) is 2.13. The summed E-state index contributed by atoms with van der Waals surface area (Å²) in [4.78, 5) is 17.4. The molecule has 1 N–H and O–H groups in total. The highest BCUT2D eigenvalue weighted by atomic mass is 32.1. The number of β-amino-alcohol motifs (C(OH)–C–C–N with tert-alkyl or cyclic N) is 1. The van der Waals surface area contributed by atoms with Gasteiger partial charge in [0.25, 0.3) is 5.91 Å². The van der Waals surface area contributed by atoms with E-state index in [1.54, 1.807) is 17.2 Å². The molecule has 1 aliphatic rings. The predicted molar refractivity (Wildman–Crippen MR) is 53.4 cm³/mol. The van der Waals surface area contributed by atoms with Crippen LogP contribution in [-0.2, 0) is 0 Å². The molecule has 0 aliphatic carbocycles. The fraction of sp³-hybridized carbons (Fsp3) is 0.556. The second kappa shape index (κ2) is 3.03. The summed E-state index contributed by atoms with van der Waals surface area (Å²) >= 11 is 1.46. The smallest absolute Gasteiger partial charge is 0.273 e. The van der Waals surface area contributed by atoms with Crippen molar-refractivity contribution in [3.63, 3.8) is 0 Å². The number of hydrogen-bond donors (Lipinski definition) is 1. The van der Waals surface area contributed by atoms with Crippen LogP contribution in [0.2, 0.25) is 0 Å². The van der Waals surface area contributed by atoms with E-state index in [2.05, 4.69) is 4.98 Å². The number of amides is 1. The second-order valence-electron chi connectivity index (χ2n) is 3.91. The van der Waals surface area contributed by atoms with Gasteiger partial charge in [0.05, 0.1) is 23.7 Å². The summed E-state index contributed by atoms with van der Waals surface area (Å²) in [7, 11) is 0. The summed E-state index contributed by atoms with van der Waals surface area (Å²) in [5.41, 5.74) is -0.219. The number of aromatic nitrogens is 1. The first-order valence-corrected chi connectivity index (χ1v) is 5.30. The first-order valence-electron chi connectivity index (χ1n) is 4.42. The van der Waals surface area contributed by atoms with Crippen molar-refractivity contribution in [1.29, 1.82) is 0 Å². The molecule has 76 valence electrons. The average Bonchev–Trinajstić information content (AvgIpc) is 2.46. The van der Waals surface area contributed by atoms with Crippen molar-refractivity contribution < 1.29 is 9.90 Å². The maximum absolute atomic E-state index is 11.7. The lowest BCUT2D eigenvalue weighted by Crippen LogP contribution is -2.61. The third kappa shape index (κ3) is 1.65. The molecule has 1 aliphatic heterocycles. The van der Waals surface area contributed by atoms with Crippen molar-refractivity contribution in [2.75, 3.05) is 13.1 Å². The molecule has 0 atom stereocenters. The zero-order chi connectivity index (χ0) is 10.3. The number of nitrogens with zero attached hydrogens (tertiary/aromatic N) is 2. The van der Waals surface area contributed by atoms with E-state index in [-0.39, 0.29) is 5.91 Å². The summed E-state index contributed by atoms with van der Waals surface area (Å²) < 4.78 is 0. The van der Waals surface area contributed by atoms with Gasteiger partial charge in [-0.1, -0.05) is 0 Å². The normalized spacial score (nSPS) is 19.2. The second-order valence-corrected chi connectivity index (χ2v) is 4.97. The van der Waals surface area contributed by atoms with Gasteiger partial charge in [0.2, 0.25) is 0 Å². The molecule has 1 amide bonds. The molecule has 2 heterocycles. The van der Waals surface area contributed by atoms with Crippen molar-refractivity contribution in [1.82, 2.24) is 9.88 Å². The Kier molecular flexibility index (Phi) is 2.08. The minimum Gasteiger partial charge on any atom is -0.386 e. The van der Waals surface area contributed by atoms with Gasteiger partial charge < -0.3 is 10.0 Å². The molecule has 4 nitrogen and oxygen atoms in total. The van der Waals surface area contributed by atoms with E-state index in [0.717, 1.165) is 5.01 Å². The summed E-state index contributed by atoms with van der Waals surface area (Å²) in [5, 5.41) is 12.1. The Balaban J connectivity index is 2.04. The van der Waals surface area contributed by atoms with E-state index >= 15 is 0 Å². The number of thiazole rings is 1. The van der Waals surface area contributed by atoms with E-state index in [9.17, 15) is 9.90 Å². The van der Waals surface area contributed by atoms with Crippen molar-refractivity contribution in [3.8, 4) is 0 Å². The summed E-state index contributed by atoms with van der Waals surface area (Å²) in [5.74, 6) is -0.0825. The van der Waals surface area contributed by atoms with Crippen molar-refractivity contribution >= 4 is 17.2 Å².